The number of nitrogens with one attached hydrogen (secondary N) is 1. The number of amidine groups is 1. The van der Waals surface area contributed by atoms with Crippen molar-refractivity contribution >= 4 is 28.7 Å². The molecular weight excluding hydrogens is 224 g/mol. The Morgan fingerprint density at radius 1 is 1.47 bits per heavy atom. The van der Waals surface area contributed by atoms with Crippen molar-refractivity contribution in [3.63, 3.8) is 0 Å². The summed E-state index contributed by atoms with van der Waals surface area (Å²) in [5.74, 6) is 3.27. The molecule has 1 rings (SSSR count). The maximum Gasteiger partial charge on any atom is 0.156 e. The van der Waals surface area contributed by atoms with Crippen LogP contribution in [0.3, 0.4) is 0 Å². The fraction of sp³-hybridized carbons (Fsp3) is 0.909. The monoisotopic (exact) mass is 246 g/mol. The lowest BCUT2D eigenvalue weighted by Gasteiger charge is -2.17. The molecular formula is C11H22N2S2. The van der Waals surface area contributed by atoms with Gasteiger partial charge in [-0.25, -0.2) is 0 Å². The summed E-state index contributed by atoms with van der Waals surface area (Å²) in [4.78, 5) is 4.51. The van der Waals surface area contributed by atoms with Gasteiger partial charge in [-0.2, -0.15) is 11.8 Å². The lowest BCUT2D eigenvalue weighted by Crippen LogP contribution is -2.26. The Morgan fingerprint density at radius 3 is 3.00 bits per heavy atom. The Kier molecular flexibility index (Phi) is 7.36. The Hall–Kier alpha value is 0.170. The number of thioether (sulfide) groups is 2. The van der Waals surface area contributed by atoms with Crippen LogP contribution < -0.4 is 5.32 Å². The molecule has 88 valence electrons. The van der Waals surface area contributed by atoms with E-state index < -0.39 is 0 Å². The molecule has 0 aromatic heterocycles. The summed E-state index contributed by atoms with van der Waals surface area (Å²) in [5, 5.41) is 4.59. The molecule has 1 unspecified atom stereocenters. The highest BCUT2D eigenvalue weighted by atomic mass is 32.2. The molecule has 1 heterocycles. The van der Waals surface area contributed by atoms with E-state index in [0.717, 1.165) is 24.2 Å². The van der Waals surface area contributed by atoms with Gasteiger partial charge in [0.25, 0.3) is 0 Å². The molecule has 1 atom stereocenters. The molecule has 4 heteroatoms. The first kappa shape index (κ1) is 13.2. The molecule has 0 saturated carbocycles. The highest BCUT2D eigenvalue weighted by molar-refractivity contribution is 8.13. The quantitative estimate of drug-likeness (QED) is 0.729. The molecule has 0 radical (unpaired) electrons. The van der Waals surface area contributed by atoms with E-state index in [-0.39, 0.29) is 0 Å². The van der Waals surface area contributed by atoms with Gasteiger partial charge in [0.05, 0.1) is 0 Å². The Labute approximate surface area is 102 Å². The third kappa shape index (κ3) is 6.36. The Bertz CT molecular complexity index is 195. The zero-order valence-corrected chi connectivity index (χ0v) is 11.4. The SMILES string of the molecule is CSCCCCCNC1=NCC(C)CS1. The third-order valence-electron chi connectivity index (χ3n) is 2.35. The van der Waals surface area contributed by atoms with Crippen LogP contribution >= 0.6 is 23.5 Å². The van der Waals surface area contributed by atoms with E-state index >= 15 is 0 Å². The molecule has 0 fully saturated rings. The summed E-state index contributed by atoms with van der Waals surface area (Å²) >= 11 is 3.81. The van der Waals surface area contributed by atoms with E-state index in [2.05, 4.69) is 23.5 Å². The largest absolute Gasteiger partial charge is 0.365 e. The van der Waals surface area contributed by atoms with Gasteiger partial charge < -0.3 is 5.32 Å². The molecule has 0 bridgehead atoms. The van der Waals surface area contributed by atoms with Crippen molar-refractivity contribution in [1.29, 1.82) is 0 Å². The molecule has 0 amide bonds. The van der Waals surface area contributed by atoms with Crippen molar-refractivity contribution in [2.45, 2.75) is 26.2 Å². The summed E-state index contributed by atoms with van der Waals surface area (Å²) < 4.78 is 0. The average Bonchev–Trinajstić information content (AvgIpc) is 2.26. The molecule has 15 heavy (non-hydrogen) atoms. The zero-order valence-electron chi connectivity index (χ0n) is 9.79. The summed E-state index contributed by atoms with van der Waals surface area (Å²) in [5.41, 5.74) is 0. The molecule has 0 aromatic carbocycles. The Balaban J connectivity index is 1.96. The maximum absolute atomic E-state index is 4.51. The number of aliphatic imine (C=N–C) groups is 1. The van der Waals surface area contributed by atoms with Crippen molar-refractivity contribution < 1.29 is 0 Å². The van der Waals surface area contributed by atoms with Crippen LogP contribution in [0.1, 0.15) is 26.2 Å². The van der Waals surface area contributed by atoms with Gasteiger partial charge in [0.1, 0.15) is 0 Å². The van der Waals surface area contributed by atoms with Gasteiger partial charge in [-0.05, 0) is 30.8 Å². The van der Waals surface area contributed by atoms with Crippen molar-refractivity contribution in [3.05, 3.63) is 0 Å². The predicted molar refractivity (Wildman–Crippen MR) is 74.2 cm³/mol. The van der Waals surface area contributed by atoms with Crippen LogP contribution in [0.15, 0.2) is 4.99 Å². The second kappa shape index (κ2) is 8.34. The van der Waals surface area contributed by atoms with Gasteiger partial charge in [-0.1, -0.05) is 25.1 Å². The molecule has 1 aliphatic rings. The van der Waals surface area contributed by atoms with Crippen molar-refractivity contribution in [3.8, 4) is 0 Å². The first-order valence-electron chi connectivity index (χ1n) is 5.73. The van der Waals surface area contributed by atoms with Gasteiger partial charge in [0, 0.05) is 18.8 Å². The normalized spacial score (nSPS) is 21.2. The molecule has 1 aliphatic heterocycles. The van der Waals surface area contributed by atoms with E-state index in [0.29, 0.717) is 0 Å². The fourth-order valence-corrected chi connectivity index (χ4v) is 2.82. The van der Waals surface area contributed by atoms with Crippen LogP contribution in [0.4, 0.5) is 0 Å². The fourth-order valence-electron chi connectivity index (χ4n) is 1.41. The van der Waals surface area contributed by atoms with Gasteiger partial charge in [0.2, 0.25) is 0 Å². The predicted octanol–water partition coefficient (Wildman–Crippen LogP) is 2.85. The highest BCUT2D eigenvalue weighted by Gasteiger charge is 2.10. The maximum atomic E-state index is 4.51. The minimum absolute atomic E-state index is 0.752. The van der Waals surface area contributed by atoms with Gasteiger partial charge in [-0.3, -0.25) is 4.99 Å². The topological polar surface area (TPSA) is 24.4 Å². The second-order valence-electron chi connectivity index (χ2n) is 4.04. The first-order chi connectivity index (χ1) is 7.33. The standard InChI is InChI=1S/C11H22N2S2/c1-10-8-13-11(15-9-10)12-6-4-3-5-7-14-2/h10H,3-9H2,1-2H3,(H,12,13). The van der Waals surface area contributed by atoms with Crippen LogP contribution in [0.2, 0.25) is 0 Å². The van der Waals surface area contributed by atoms with E-state index in [1.807, 2.05) is 23.5 Å². The summed E-state index contributed by atoms with van der Waals surface area (Å²) in [6, 6.07) is 0. The molecule has 0 spiro atoms. The lowest BCUT2D eigenvalue weighted by atomic mass is 10.2. The van der Waals surface area contributed by atoms with E-state index in [4.69, 9.17) is 0 Å². The van der Waals surface area contributed by atoms with Crippen LogP contribution in [-0.4, -0.2) is 36.0 Å². The number of rotatable bonds is 6. The molecule has 2 nitrogen and oxygen atoms in total. The van der Waals surface area contributed by atoms with Crippen molar-refractivity contribution in [1.82, 2.24) is 5.32 Å². The first-order valence-corrected chi connectivity index (χ1v) is 8.11. The molecule has 1 N–H and O–H groups in total. The number of hydrogen-bond donors (Lipinski definition) is 1. The Morgan fingerprint density at radius 2 is 2.33 bits per heavy atom. The number of unbranched alkanes of at least 4 members (excludes halogenated alkanes) is 2. The summed E-state index contributed by atoms with van der Waals surface area (Å²) in [6.07, 6.45) is 6.13. The van der Waals surface area contributed by atoms with Crippen molar-refractivity contribution in [2.24, 2.45) is 10.9 Å². The minimum Gasteiger partial charge on any atom is -0.365 e. The van der Waals surface area contributed by atoms with E-state index in [1.54, 1.807) is 0 Å². The zero-order chi connectivity index (χ0) is 10.9. The summed E-state index contributed by atoms with van der Waals surface area (Å²) in [7, 11) is 0. The van der Waals surface area contributed by atoms with Crippen LogP contribution in [0, 0.1) is 5.92 Å². The molecule has 0 aromatic rings. The highest BCUT2D eigenvalue weighted by Crippen LogP contribution is 2.15. The van der Waals surface area contributed by atoms with Gasteiger partial charge in [0.15, 0.2) is 5.17 Å². The molecule has 0 aliphatic carbocycles. The third-order valence-corrected chi connectivity index (χ3v) is 4.33. The smallest absolute Gasteiger partial charge is 0.156 e. The molecule has 0 saturated heterocycles. The second-order valence-corrected chi connectivity index (χ2v) is 6.04. The average molecular weight is 246 g/mol. The van der Waals surface area contributed by atoms with Crippen molar-refractivity contribution in [2.75, 3.05) is 30.9 Å². The minimum atomic E-state index is 0.752. The number of nitrogens with zero attached hydrogens (tertiary/aromatic N) is 1. The summed E-state index contributed by atoms with van der Waals surface area (Å²) in [6.45, 7) is 4.35. The van der Waals surface area contributed by atoms with Crippen LogP contribution in [0.25, 0.3) is 0 Å². The lowest BCUT2D eigenvalue weighted by molar-refractivity contribution is 0.662. The number of hydrogen-bond acceptors (Lipinski definition) is 4. The van der Waals surface area contributed by atoms with Gasteiger partial charge >= 0.3 is 0 Å². The van der Waals surface area contributed by atoms with Crippen LogP contribution in [0.5, 0.6) is 0 Å². The van der Waals surface area contributed by atoms with E-state index in [9.17, 15) is 0 Å². The van der Waals surface area contributed by atoms with E-state index in [1.165, 1.54) is 30.8 Å². The van der Waals surface area contributed by atoms with Gasteiger partial charge in [-0.15, -0.1) is 0 Å². The van der Waals surface area contributed by atoms with Crippen LogP contribution in [-0.2, 0) is 0 Å².